The van der Waals surface area contributed by atoms with Crippen LogP contribution in [0.4, 0.5) is 0 Å². The number of nitrogens with two attached hydrogens (primary N) is 1. The minimum Gasteiger partial charge on any atom is -0.378 e. The maximum Gasteiger partial charge on any atom is 0.152 e. The zero-order chi connectivity index (χ0) is 12.8. The topological polar surface area (TPSA) is 69.4 Å². The second-order valence-electron chi connectivity index (χ2n) is 5.13. The highest BCUT2D eigenvalue weighted by molar-refractivity contribution is 7.91. The Balaban J connectivity index is 2.19. The summed E-state index contributed by atoms with van der Waals surface area (Å²) in [6, 6.07) is 0. The Kier molecular flexibility index (Phi) is 5.89. The molecule has 0 aromatic heterocycles. The first-order valence-corrected chi connectivity index (χ1v) is 8.37. The molecule has 0 aromatic rings. The van der Waals surface area contributed by atoms with Gasteiger partial charge in [0, 0.05) is 11.3 Å². The quantitative estimate of drug-likeness (QED) is 0.707. The lowest BCUT2D eigenvalue weighted by Gasteiger charge is -2.32. The Bertz CT molecular complexity index is 308. The molecule has 17 heavy (non-hydrogen) atoms. The molecule has 0 spiro atoms. The molecule has 0 amide bonds. The van der Waals surface area contributed by atoms with Crippen LogP contribution in [0.5, 0.6) is 0 Å². The molecule has 0 aromatic carbocycles. The van der Waals surface area contributed by atoms with Crippen molar-refractivity contribution in [2.75, 3.05) is 24.7 Å². The molecule has 0 aliphatic heterocycles. The number of ether oxygens (including phenoxy) is 1. The molecule has 0 bridgehead atoms. The second kappa shape index (κ2) is 6.71. The lowest BCUT2D eigenvalue weighted by Crippen LogP contribution is -2.46. The Labute approximate surface area is 105 Å². The van der Waals surface area contributed by atoms with Crippen molar-refractivity contribution in [3.05, 3.63) is 0 Å². The average Bonchev–Trinajstić information content (AvgIpc) is 2.26. The van der Waals surface area contributed by atoms with Gasteiger partial charge in [0.25, 0.3) is 0 Å². The van der Waals surface area contributed by atoms with Gasteiger partial charge in [0.05, 0.1) is 19.0 Å². The van der Waals surface area contributed by atoms with Crippen molar-refractivity contribution < 1.29 is 13.2 Å². The molecular weight excluding hydrogens is 238 g/mol. The molecule has 0 heterocycles. The molecule has 102 valence electrons. The molecule has 0 saturated heterocycles. The van der Waals surface area contributed by atoms with E-state index in [2.05, 4.69) is 0 Å². The SMILES string of the molecule is CCCS(=O)(=O)CCOCC1(N)CCCCC1. The van der Waals surface area contributed by atoms with E-state index in [1.807, 2.05) is 6.92 Å². The highest BCUT2D eigenvalue weighted by atomic mass is 32.2. The van der Waals surface area contributed by atoms with Gasteiger partial charge in [-0.05, 0) is 19.3 Å². The molecule has 4 nitrogen and oxygen atoms in total. The van der Waals surface area contributed by atoms with Crippen molar-refractivity contribution in [1.82, 2.24) is 0 Å². The van der Waals surface area contributed by atoms with Crippen LogP contribution in [0, 0.1) is 0 Å². The van der Waals surface area contributed by atoms with Crippen LogP contribution in [-0.4, -0.2) is 38.7 Å². The average molecular weight is 263 g/mol. The van der Waals surface area contributed by atoms with E-state index in [1.165, 1.54) is 6.42 Å². The van der Waals surface area contributed by atoms with E-state index in [1.54, 1.807) is 0 Å². The molecule has 1 fully saturated rings. The van der Waals surface area contributed by atoms with E-state index in [9.17, 15) is 8.42 Å². The molecule has 1 aliphatic carbocycles. The van der Waals surface area contributed by atoms with Crippen LogP contribution >= 0.6 is 0 Å². The van der Waals surface area contributed by atoms with Crippen LogP contribution < -0.4 is 5.73 Å². The fourth-order valence-corrected chi connectivity index (χ4v) is 3.47. The monoisotopic (exact) mass is 263 g/mol. The van der Waals surface area contributed by atoms with E-state index < -0.39 is 9.84 Å². The summed E-state index contributed by atoms with van der Waals surface area (Å²) in [7, 11) is -2.92. The first kappa shape index (κ1) is 14.9. The van der Waals surface area contributed by atoms with Gasteiger partial charge in [0.1, 0.15) is 0 Å². The Morgan fingerprint density at radius 1 is 1.18 bits per heavy atom. The van der Waals surface area contributed by atoms with Gasteiger partial charge in [-0.25, -0.2) is 8.42 Å². The zero-order valence-corrected chi connectivity index (χ0v) is 11.6. The lowest BCUT2D eigenvalue weighted by atomic mass is 9.83. The van der Waals surface area contributed by atoms with Crippen LogP contribution in [0.15, 0.2) is 0 Å². The number of sulfone groups is 1. The van der Waals surface area contributed by atoms with Crippen LogP contribution in [0.3, 0.4) is 0 Å². The van der Waals surface area contributed by atoms with Gasteiger partial charge >= 0.3 is 0 Å². The van der Waals surface area contributed by atoms with Gasteiger partial charge in [-0.2, -0.15) is 0 Å². The van der Waals surface area contributed by atoms with Crippen molar-refractivity contribution >= 4 is 9.84 Å². The summed E-state index contributed by atoms with van der Waals surface area (Å²) in [6.07, 6.45) is 6.23. The fraction of sp³-hybridized carbons (Fsp3) is 1.00. The van der Waals surface area contributed by atoms with Crippen LogP contribution in [0.2, 0.25) is 0 Å². The van der Waals surface area contributed by atoms with Crippen molar-refractivity contribution in [2.45, 2.75) is 51.0 Å². The van der Waals surface area contributed by atoms with Crippen LogP contribution in [0.1, 0.15) is 45.4 Å². The molecule has 0 atom stereocenters. The minimum absolute atomic E-state index is 0.122. The van der Waals surface area contributed by atoms with E-state index in [0.717, 1.165) is 25.7 Å². The van der Waals surface area contributed by atoms with Crippen molar-refractivity contribution in [3.8, 4) is 0 Å². The third-order valence-electron chi connectivity index (χ3n) is 3.29. The maximum atomic E-state index is 11.5. The van der Waals surface area contributed by atoms with E-state index in [-0.39, 0.29) is 23.7 Å². The van der Waals surface area contributed by atoms with Crippen LogP contribution in [-0.2, 0) is 14.6 Å². The highest BCUT2D eigenvalue weighted by Gasteiger charge is 2.27. The Morgan fingerprint density at radius 2 is 1.82 bits per heavy atom. The number of hydrogen-bond acceptors (Lipinski definition) is 4. The summed E-state index contributed by atoms with van der Waals surface area (Å²) >= 11 is 0. The van der Waals surface area contributed by atoms with Crippen molar-refractivity contribution in [1.29, 1.82) is 0 Å². The molecular formula is C12H25NO3S. The summed E-state index contributed by atoms with van der Waals surface area (Å²) in [5, 5.41) is 0. The molecule has 0 unspecified atom stereocenters. The molecule has 1 saturated carbocycles. The molecule has 2 N–H and O–H groups in total. The van der Waals surface area contributed by atoms with E-state index in [4.69, 9.17) is 10.5 Å². The van der Waals surface area contributed by atoms with E-state index in [0.29, 0.717) is 13.0 Å². The lowest BCUT2D eigenvalue weighted by molar-refractivity contribution is 0.0772. The van der Waals surface area contributed by atoms with Gasteiger partial charge in [-0.1, -0.05) is 26.2 Å². The summed E-state index contributed by atoms with van der Waals surface area (Å²) in [6.45, 7) is 2.64. The van der Waals surface area contributed by atoms with Gasteiger partial charge in [0.15, 0.2) is 9.84 Å². The summed E-state index contributed by atoms with van der Waals surface area (Å²) in [5.74, 6) is 0.376. The highest BCUT2D eigenvalue weighted by Crippen LogP contribution is 2.25. The third-order valence-corrected chi connectivity index (χ3v) is 5.11. The molecule has 0 radical (unpaired) electrons. The Morgan fingerprint density at radius 3 is 2.41 bits per heavy atom. The van der Waals surface area contributed by atoms with Crippen molar-refractivity contribution in [3.63, 3.8) is 0 Å². The largest absolute Gasteiger partial charge is 0.378 e. The summed E-state index contributed by atoms with van der Waals surface area (Å²) in [4.78, 5) is 0. The first-order chi connectivity index (χ1) is 7.97. The maximum absolute atomic E-state index is 11.5. The van der Waals surface area contributed by atoms with Gasteiger partial charge in [-0.15, -0.1) is 0 Å². The van der Waals surface area contributed by atoms with Crippen LogP contribution in [0.25, 0.3) is 0 Å². The normalized spacial score (nSPS) is 20.4. The molecule has 1 rings (SSSR count). The second-order valence-corrected chi connectivity index (χ2v) is 7.43. The van der Waals surface area contributed by atoms with Gasteiger partial charge < -0.3 is 10.5 Å². The molecule has 1 aliphatic rings. The summed E-state index contributed by atoms with van der Waals surface area (Å²) in [5.41, 5.74) is 5.98. The predicted molar refractivity (Wildman–Crippen MR) is 69.8 cm³/mol. The third kappa shape index (κ3) is 5.84. The fourth-order valence-electron chi connectivity index (χ4n) is 2.27. The number of hydrogen-bond donors (Lipinski definition) is 1. The molecule has 5 heteroatoms. The standard InChI is InChI=1S/C12H25NO3S/c1-2-9-17(14,15)10-8-16-11-12(13)6-4-3-5-7-12/h2-11,13H2,1H3. The first-order valence-electron chi connectivity index (χ1n) is 6.54. The zero-order valence-electron chi connectivity index (χ0n) is 10.8. The van der Waals surface area contributed by atoms with E-state index >= 15 is 0 Å². The van der Waals surface area contributed by atoms with Gasteiger partial charge in [0.2, 0.25) is 0 Å². The van der Waals surface area contributed by atoms with Gasteiger partial charge in [-0.3, -0.25) is 0 Å². The predicted octanol–water partition coefficient (Wildman–Crippen LogP) is 1.49. The minimum atomic E-state index is -2.92. The smallest absolute Gasteiger partial charge is 0.152 e. The Hall–Kier alpha value is -0.130. The van der Waals surface area contributed by atoms with Crippen molar-refractivity contribution in [2.24, 2.45) is 5.73 Å². The number of rotatable bonds is 7. The summed E-state index contributed by atoms with van der Waals surface area (Å²) < 4.78 is 28.4.